The topological polar surface area (TPSA) is 120 Å². The number of carbonyl (C=O) groups is 1. The lowest BCUT2D eigenvalue weighted by atomic mass is 9.74. The van der Waals surface area contributed by atoms with E-state index in [4.69, 9.17) is 22.1 Å². The summed E-state index contributed by atoms with van der Waals surface area (Å²) in [6, 6.07) is -0.157. The third-order valence-electron chi connectivity index (χ3n) is 7.95. The zero-order chi connectivity index (χ0) is 19.6. The number of esters is 1. The van der Waals surface area contributed by atoms with E-state index < -0.39 is 12.2 Å². The summed E-state index contributed by atoms with van der Waals surface area (Å²) in [4.78, 5) is 14.7. The molecule has 0 aromatic rings. The van der Waals surface area contributed by atoms with E-state index in [1.807, 2.05) is 0 Å². The van der Waals surface area contributed by atoms with E-state index in [9.17, 15) is 15.0 Å². The van der Waals surface area contributed by atoms with E-state index in [-0.39, 0.29) is 59.5 Å². The van der Waals surface area contributed by atoms with Gasteiger partial charge in [0.15, 0.2) is 0 Å². The lowest BCUT2D eigenvalue weighted by Crippen LogP contribution is -2.64. The summed E-state index contributed by atoms with van der Waals surface area (Å²) in [5.74, 6) is -0.197. The first-order chi connectivity index (χ1) is 13.5. The average molecular weight is 415 g/mol. The Labute approximate surface area is 170 Å². The molecule has 158 valence electrons. The van der Waals surface area contributed by atoms with Crippen molar-refractivity contribution in [2.24, 2.45) is 29.4 Å². The number of nitrogens with one attached hydrogen (secondary N) is 2. The fraction of sp³-hybridized carbons (Fsp3) is 0.947. The number of ether oxygens (including phenoxy) is 1. The van der Waals surface area contributed by atoms with Gasteiger partial charge in [0.25, 0.3) is 0 Å². The van der Waals surface area contributed by atoms with Gasteiger partial charge in [-0.05, 0) is 32.1 Å². The Balaban J connectivity index is 1.32. The Morgan fingerprint density at radius 3 is 2.71 bits per heavy atom. The highest BCUT2D eigenvalue weighted by atomic mass is 35.5. The van der Waals surface area contributed by atoms with Crippen LogP contribution in [0.15, 0.2) is 0 Å². The summed E-state index contributed by atoms with van der Waals surface area (Å²) < 4.78 is 5.76. The van der Waals surface area contributed by atoms with E-state index in [1.165, 1.54) is 0 Å². The maximum atomic E-state index is 12.4. The molecule has 6 N–H and O–H groups in total. The standard InChI is InChI=1S/C19H31ClN4O4/c20-8-1-2-9-11(5-8)19(27)28-16(9)12-6-13(15(26)14(12)25)24-4-3-10-17(21)22-7-23-18(10)24/h8-18,22-23,25-26H,1-7,21H2/t8?,9?,10?,11?,12-,13+,14+,15-,16+,17?,18?/m0/s1. The number of fused-ring (bicyclic) bond motifs is 2. The lowest BCUT2D eigenvalue weighted by molar-refractivity contribution is -0.147. The van der Waals surface area contributed by atoms with E-state index >= 15 is 0 Å². The maximum absolute atomic E-state index is 12.4. The molecule has 6 unspecified atom stereocenters. The number of hydrogen-bond donors (Lipinski definition) is 5. The van der Waals surface area contributed by atoms with Crippen molar-refractivity contribution in [1.82, 2.24) is 15.5 Å². The number of cyclic esters (lactones) is 1. The number of aliphatic hydroxyl groups excluding tert-OH is 2. The van der Waals surface area contributed by atoms with Crippen LogP contribution in [0.5, 0.6) is 0 Å². The molecule has 0 amide bonds. The van der Waals surface area contributed by atoms with Crippen molar-refractivity contribution < 1.29 is 19.7 Å². The molecule has 3 aliphatic heterocycles. The Hall–Kier alpha value is -0.480. The Morgan fingerprint density at radius 1 is 1.07 bits per heavy atom. The molecule has 5 rings (SSSR count). The number of halogens is 1. The Bertz CT molecular complexity index is 627. The number of nitrogens with two attached hydrogens (primary N) is 1. The van der Waals surface area contributed by atoms with Crippen LogP contribution in [0.2, 0.25) is 0 Å². The van der Waals surface area contributed by atoms with Crippen LogP contribution in [0.1, 0.15) is 32.1 Å². The molecule has 0 aromatic carbocycles. The van der Waals surface area contributed by atoms with Gasteiger partial charge >= 0.3 is 5.97 Å². The molecule has 5 aliphatic rings. The minimum Gasteiger partial charge on any atom is -0.461 e. The summed E-state index contributed by atoms with van der Waals surface area (Å²) >= 11 is 6.27. The molecule has 11 atom stereocenters. The van der Waals surface area contributed by atoms with Gasteiger partial charge in [0, 0.05) is 42.4 Å². The molecule has 0 aromatic heterocycles. The first-order valence-electron chi connectivity index (χ1n) is 10.6. The summed E-state index contributed by atoms with van der Waals surface area (Å²) in [6.07, 6.45) is 1.94. The maximum Gasteiger partial charge on any atom is 0.309 e. The molecule has 3 saturated heterocycles. The predicted molar refractivity (Wildman–Crippen MR) is 102 cm³/mol. The van der Waals surface area contributed by atoms with Gasteiger partial charge in [-0.1, -0.05) is 0 Å². The number of likely N-dealkylation sites (tertiary alicyclic amines) is 1. The molecule has 8 nitrogen and oxygen atoms in total. The Kier molecular flexibility index (Phi) is 5.10. The first-order valence-corrected chi connectivity index (χ1v) is 11.1. The number of aliphatic hydroxyl groups is 2. The summed E-state index contributed by atoms with van der Waals surface area (Å²) in [5, 5.41) is 28.5. The fourth-order valence-corrected chi connectivity index (χ4v) is 6.83. The van der Waals surface area contributed by atoms with E-state index in [1.54, 1.807) is 0 Å². The normalized spacial score (nSPS) is 54.4. The average Bonchev–Trinajstić information content (AvgIpc) is 3.32. The molecule has 0 radical (unpaired) electrons. The number of alkyl halides is 1. The second kappa shape index (κ2) is 7.34. The van der Waals surface area contributed by atoms with Crippen molar-refractivity contribution >= 4 is 17.6 Å². The van der Waals surface area contributed by atoms with Gasteiger partial charge in [-0.2, -0.15) is 0 Å². The quantitative estimate of drug-likeness (QED) is 0.292. The van der Waals surface area contributed by atoms with Crippen molar-refractivity contribution in [1.29, 1.82) is 0 Å². The van der Waals surface area contributed by atoms with Crippen LogP contribution in [0.25, 0.3) is 0 Å². The third kappa shape index (κ3) is 3.00. The third-order valence-corrected chi connectivity index (χ3v) is 8.35. The second-order valence-electron chi connectivity index (χ2n) is 9.28. The minimum atomic E-state index is -0.885. The highest BCUT2D eigenvalue weighted by Crippen LogP contribution is 2.48. The minimum absolute atomic E-state index is 0.0242. The van der Waals surface area contributed by atoms with E-state index in [0.29, 0.717) is 19.5 Å². The number of rotatable bonds is 2. The summed E-state index contributed by atoms with van der Waals surface area (Å²) in [5.41, 5.74) is 6.21. The first kappa shape index (κ1) is 19.5. The lowest BCUT2D eigenvalue weighted by Gasteiger charge is -2.40. The van der Waals surface area contributed by atoms with Gasteiger partial charge in [0.05, 0.1) is 30.5 Å². The van der Waals surface area contributed by atoms with Crippen molar-refractivity contribution in [3.63, 3.8) is 0 Å². The van der Waals surface area contributed by atoms with Crippen LogP contribution in [0.3, 0.4) is 0 Å². The zero-order valence-corrected chi connectivity index (χ0v) is 16.7. The van der Waals surface area contributed by atoms with Crippen LogP contribution in [0.4, 0.5) is 0 Å². The SMILES string of the molecule is NC1NCNC2C1CCN2[C@@H]1C[C@H]([C@@H]2OC(=O)C3CC(Cl)CCC32)[C@@H](O)[C@H]1O. The zero-order valence-electron chi connectivity index (χ0n) is 15.9. The Morgan fingerprint density at radius 2 is 1.89 bits per heavy atom. The highest BCUT2D eigenvalue weighted by molar-refractivity contribution is 6.20. The van der Waals surface area contributed by atoms with Crippen molar-refractivity contribution in [3.8, 4) is 0 Å². The summed E-state index contributed by atoms with van der Waals surface area (Å²) in [6.45, 7) is 1.47. The van der Waals surface area contributed by atoms with Gasteiger partial charge in [-0.3, -0.25) is 20.3 Å². The van der Waals surface area contributed by atoms with Gasteiger partial charge in [-0.15, -0.1) is 11.6 Å². The van der Waals surface area contributed by atoms with Gasteiger partial charge in [0.2, 0.25) is 0 Å². The van der Waals surface area contributed by atoms with Crippen LogP contribution in [0, 0.1) is 23.7 Å². The molecule has 9 heteroatoms. The van der Waals surface area contributed by atoms with Crippen molar-refractivity contribution in [2.75, 3.05) is 13.2 Å². The smallest absolute Gasteiger partial charge is 0.309 e. The molecule has 2 aliphatic carbocycles. The second-order valence-corrected chi connectivity index (χ2v) is 9.89. The van der Waals surface area contributed by atoms with Crippen LogP contribution < -0.4 is 16.4 Å². The van der Waals surface area contributed by atoms with Crippen LogP contribution >= 0.6 is 11.6 Å². The highest BCUT2D eigenvalue weighted by Gasteiger charge is 2.57. The number of carbonyl (C=O) groups excluding carboxylic acids is 1. The van der Waals surface area contributed by atoms with Crippen LogP contribution in [-0.4, -0.2) is 76.4 Å². The van der Waals surface area contributed by atoms with Crippen molar-refractivity contribution in [3.05, 3.63) is 0 Å². The number of nitrogens with zero attached hydrogens (tertiary/aromatic N) is 1. The molecule has 28 heavy (non-hydrogen) atoms. The van der Waals surface area contributed by atoms with Gasteiger partial charge in [-0.25, -0.2) is 0 Å². The number of hydrogen-bond acceptors (Lipinski definition) is 8. The molecule has 5 fully saturated rings. The molecule has 2 saturated carbocycles. The van der Waals surface area contributed by atoms with Crippen molar-refractivity contribution in [2.45, 2.75) is 74.2 Å². The predicted octanol–water partition coefficient (Wildman–Crippen LogP) is -0.871. The van der Waals surface area contributed by atoms with E-state index in [2.05, 4.69) is 15.5 Å². The fourth-order valence-electron chi connectivity index (χ4n) is 6.51. The van der Waals surface area contributed by atoms with Gasteiger partial charge < -0.3 is 20.7 Å². The molecular formula is C19H31ClN4O4. The monoisotopic (exact) mass is 414 g/mol. The summed E-state index contributed by atoms with van der Waals surface area (Å²) in [7, 11) is 0. The van der Waals surface area contributed by atoms with E-state index in [0.717, 1.165) is 25.8 Å². The molecule has 0 spiro atoms. The largest absolute Gasteiger partial charge is 0.461 e. The van der Waals surface area contributed by atoms with Crippen LogP contribution in [-0.2, 0) is 9.53 Å². The van der Waals surface area contributed by atoms with Gasteiger partial charge in [0.1, 0.15) is 6.10 Å². The molecule has 0 bridgehead atoms. The molecular weight excluding hydrogens is 384 g/mol. The molecule has 3 heterocycles.